The average Bonchev–Trinajstić information content (AvgIpc) is 1.97. The van der Waals surface area contributed by atoms with E-state index in [1.165, 1.54) is 19.3 Å². The van der Waals surface area contributed by atoms with Gasteiger partial charge in [-0.15, -0.1) is 6.58 Å². The van der Waals surface area contributed by atoms with Crippen molar-refractivity contribution in [1.29, 1.82) is 0 Å². The van der Waals surface area contributed by atoms with Crippen molar-refractivity contribution in [1.82, 2.24) is 0 Å². The first-order valence-electron chi connectivity index (χ1n) is 3.93. The summed E-state index contributed by atoms with van der Waals surface area (Å²) >= 11 is 0. The van der Waals surface area contributed by atoms with Crippen molar-refractivity contribution in [3.63, 3.8) is 0 Å². The number of hydrogen-bond donors (Lipinski definition) is 0. The molecule has 1 heteroatoms. The molecule has 0 amide bonds. The van der Waals surface area contributed by atoms with Crippen LogP contribution in [0.1, 0.15) is 32.1 Å². The molecule has 0 bridgehead atoms. The third-order valence-corrected chi connectivity index (χ3v) is 1.42. The second kappa shape index (κ2) is 8.41. The zero-order chi connectivity index (χ0) is 7.66. The van der Waals surface area contributed by atoms with Crippen LogP contribution in [0.5, 0.6) is 0 Å². The van der Waals surface area contributed by atoms with Gasteiger partial charge in [0.05, 0.1) is 0 Å². The van der Waals surface area contributed by atoms with Gasteiger partial charge in [-0.3, -0.25) is 0 Å². The van der Waals surface area contributed by atoms with E-state index >= 15 is 0 Å². The molecule has 0 saturated heterocycles. The molecule has 0 aliphatic carbocycles. The van der Waals surface area contributed by atoms with Gasteiger partial charge in [0.15, 0.2) is 0 Å². The van der Waals surface area contributed by atoms with Crippen LogP contribution in [0.3, 0.4) is 0 Å². The van der Waals surface area contributed by atoms with E-state index in [0.29, 0.717) is 0 Å². The number of rotatable bonds is 6. The number of nitrogens with zero attached hydrogens (tertiary/aromatic N) is 1. The minimum atomic E-state index is 1.13. The maximum absolute atomic E-state index is 3.91. The number of allylic oxidation sites excluding steroid dienone is 1. The van der Waals surface area contributed by atoms with Crippen LogP contribution in [0.2, 0.25) is 0 Å². The van der Waals surface area contributed by atoms with E-state index in [4.69, 9.17) is 0 Å². The lowest BCUT2D eigenvalue weighted by Crippen LogP contribution is -1.77. The van der Waals surface area contributed by atoms with Crippen molar-refractivity contribution in [3.05, 3.63) is 12.7 Å². The summed E-state index contributed by atoms with van der Waals surface area (Å²) in [4.78, 5) is 3.91. The summed E-state index contributed by atoms with van der Waals surface area (Å²) in [6.45, 7) is 3.67. The molecular formula is C9H17N. The Balaban J connectivity index is 2.83. The summed E-state index contributed by atoms with van der Waals surface area (Å²) in [5.41, 5.74) is 0. The van der Waals surface area contributed by atoms with Crippen LogP contribution in [0.4, 0.5) is 0 Å². The highest BCUT2D eigenvalue weighted by atomic mass is 14.6. The maximum Gasteiger partial charge on any atom is 0.0273 e. The maximum atomic E-state index is 3.91. The van der Waals surface area contributed by atoms with Crippen molar-refractivity contribution >= 4 is 6.21 Å². The van der Waals surface area contributed by atoms with Gasteiger partial charge in [-0.25, -0.2) is 0 Å². The quantitative estimate of drug-likeness (QED) is 0.305. The van der Waals surface area contributed by atoms with Crippen LogP contribution in [0.25, 0.3) is 0 Å². The zero-order valence-corrected chi connectivity index (χ0v) is 6.84. The molecule has 0 aliphatic heterocycles. The second-order valence-corrected chi connectivity index (χ2v) is 2.37. The Morgan fingerprint density at radius 1 is 1.20 bits per heavy atom. The molecule has 0 unspecified atom stereocenters. The van der Waals surface area contributed by atoms with Crippen molar-refractivity contribution in [2.24, 2.45) is 4.99 Å². The van der Waals surface area contributed by atoms with Gasteiger partial charge in [-0.2, -0.15) is 0 Å². The molecule has 0 saturated carbocycles. The van der Waals surface area contributed by atoms with Crippen molar-refractivity contribution in [2.45, 2.75) is 32.1 Å². The fraction of sp³-hybridized carbons (Fsp3) is 0.667. The molecule has 0 radical (unpaired) electrons. The molecule has 0 heterocycles. The molecule has 0 aromatic carbocycles. The van der Waals surface area contributed by atoms with Crippen LogP contribution in [0.15, 0.2) is 17.6 Å². The standard InChI is InChI=1S/C9H17N/c1-3-4-5-6-7-8-9-10-2/h3,9H,1,4-8H2,2H3. The van der Waals surface area contributed by atoms with Gasteiger partial charge in [0.1, 0.15) is 0 Å². The summed E-state index contributed by atoms with van der Waals surface area (Å²) in [7, 11) is 1.82. The van der Waals surface area contributed by atoms with Crippen LogP contribution < -0.4 is 0 Å². The van der Waals surface area contributed by atoms with E-state index in [0.717, 1.165) is 12.8 Å². The first-order valence-corrected chi connectivity index (χ1v) is 3.93. The fourth-order valence-corrected chi connectivity index (χ4v) is 0.830. The molecule has 0 fully saturated rings. The second-order valence-electron chi connectivity index (χ2n) is 2.37. The van der Waals surface area contributed by atoms with Crippen LogP contribution in [-0.2, 0) is 0 Å². The molecule has 0 atom stereocenters. The molecular weight excluding hydrogens is 122 g/mol. The lowest BCUT2D eigenvalue weighted by atomic mass is 10.1. The fourth-order valence-electron chi connectivity index (χ4n) is 0.830. The zero-order valence-electron chi connectivity index (χ0n) is 6.84. The molecule has 58 valence electrons. The minimum absolute atomic E-state index is 1.13. The van der Waals surface area contributed by atoms with Crippen LogP contribution in [0, 0.1) is 0 Å². The van der Waals surface area contributed by atoms with Gasteiger partial charge >= 0.3 is 0 Å². The van der Waals surface area contributed by atoms with Gasteiger partial charge in [-0.1, -0.05) is 12.5 Å². The summed E-state index contributed by atoms with van der Waals surface area (Å²) in [6, 6.07) is 0. The van der Waals surface area contributed by atoms with E-state index in [1.54, 1.807) is 0 Å². The van der Waals surface area contributed by atoms with E-state index in [9.17, 15) is 0 Å². The Morgan fingerprint density at radius 2 is 1.90 bits per heavy atom. The molecule has 1 nitrogen and oxygen atoms in total. The monoisotopic (exact) mass is 139 g/mol. The van der Waals surface area contributed by atoms with E-state index in [2.05, 4.69) is 11.6 Å². The van der Waals surface area contributed by atoms with E-state index in [1.807, 2.05) is 19.3 Å². The number of hydrogen-bond acceptors (Lipinski definition) is 1. The third-order valence-electron chi connectivity index (χ3n) is 1.42. The predicted molar refractivity (Wildman–Crippen MR) is 47.7 cm³/mol. The lowest BCUT2D eigenvalue weighted by molar-refractivity contribution is 0.710. The predicted octanol–water partition coefficient (Wildman–Crippen LogP) is 2.82. The Hall–Kier alpha value is -0.590. The van der Waals surface area contributed by atoms with Gasteiger partial charge in [-0.05, 0) is 31.9 Å². The topological polar surface area (TPSA) is 12.4 Å². The molecule has 0 aromatic heterocycles. The van der Waals surface area contributed by atoms with Gasteiger partial charge in [0, 0.05) is 7.05 Å². The normalized spacial score (nSPS) is 10.5. The Labute approximate surface area is 63.9 Å². The van der Waals surface area contributed by atoms with Gasteiger partial charge in [0.25, 0.3) is 0 Å². The Bertz CT molecular complexity index is 94.9. The smallest absolute Gasteiger partial charge is 0.0273 e. The Kier molecular flexibility index (Phi) is 7.91. The van der Waals surface area contributed by atoms with Crippen molar-refractivity contribution in [2.75, 3.05) is 7.05 Å². The molecule has 0 aliphatic rings. The van der Waals surface area contributed by atoms with E-state index in [-0.39, 0.29) is 0 Å². The summed E-state index contributed by atoms with van der Waals surface area (Å²) < 4.78 is 0. The average molecular weight is 139 g/mol. The first kappa shape index (κ1) is 9.41. The first-order chi connectivity index (χ1) is 4.91. The summed E-state index contributed by atoms with van der Waals surface area (Å²) in [6.07, 6.45) is 10.1. The molecule has 0 N–H and O–H groups in total. The molecule has 0 aromatic rings. The summed E-state index contributed by atoms with van der Waals surface area (Å²) in [5, 5.41) is 0. The SMILES string of the molecule is C=CCCCCCC=NC. The lowest BCUT2D eigenvalue weighted by Gasteiger charge is -1.92. The Morgan fingerprint density at radius 3 is 2.50 bits per heavy atom. The third kappa shape index (κ3) is 7.41. The van der Waals surface area contributed by atoms with Crippen LogP contribution in [-0.4, -0.2) is 13.3 Å². The highest BCUT2D eigenvalue weighted by Gasteiger charge is 1.84. The summed E-state index contributed by atoms with van der Waals surface area (Å²) in [5.74, 6) is 0. The number of unbranched alkanes of at least 4 members (excludes halogenated alkanes) is 4. The van der Waals surface area contributed by atoms with Gasteiger partial charge in [0.2, 0.25) is 0 Å². The highest BCUT2D eigenvalue weighted by Crippen LogP contribution is 2.01. The molecule has 0 spiro atoms. The highest BCUT2D eigenvalue weighted by molar-refractivity contribution is 5.56. The van der Waals surface area contributed by atoms with Crippen LogP contribution >= 0.6 is 0 Å². The van der Waals surface area contributed by atoms with E-state index < -0.39 is 0 Å². The molecule has 10 heavy (non-hydrogen) atoms. The minimum Gasteiger partial charge on any atom is -0.301 e. The number of aliphatic imine (C=N–C) groups is 1. The van der Waals surface area contributed by atoms with Crippen molar-refractivity contribution in [3.8, 4) is 0 Å². The largest absolute Gasteiger partial charge is 0.301 e. The van der Waals surface area contributed by atoms with Crippen molar-refractivity contribution < 1.29 is 0 Å². The van der Waals surface area contributed by atoms with Gasteiger partial charge < -0.3 is 4.99 Å². The molecule has 0 rings (SSSR count).